The number of aromatic nitrogens is 2. The van der Waals surface area contributed by atoms with Gasteiger partial charge >= 0.3 is 0 Å². The summed E-state index contributed by atoms with van der Waals surface area (Å²) in [6.07, 6.45) is 10.6. The first-order valence-corrected chi connectivity index (χ1v) is 10.1. The molecule has 0 amide bonds. The number of rotatable bonds is 7. The molecule has 5 nitrogen and oxygen atoms in total. The predicted molar refractivity (Wildman–Crippen MR) is 97.5 cm³/mol. The van der Waals surface area contributed by atoms with Gasteiger partial charge in [-0.3, -0.25) is 0 Å². The van der Waals surface area contributed by atoms with Gasteiger partial charge < -0.3 is 14.5 Å². The van der Waals surface area contributed by atoms with Gasteiger partial charge in [-0.25, -0.2) is 9.97 Å². The van der Waals surface area contributed by atoms with Crippen LogP contribution in [0.2, 0.25) is 0 Å². The van der Waals surface area contributed by atoms with Crippen LogP contribution in [0.4, 0.5) is 5.95 Å². The molecule has 2 aliphatic heterocycles. The van der Waals surface area contributed by atoms with Gasteiger partial charge in [0.15, 0.2) is 0 Å². The topological polar surface area (TPSA) is 41.5 Å². The molecule has 0 unspecified atom stereocenters. The molecule has 4 fully saturated rings. The highest BCUT2D eigenvalue weighted by atomic mass is 16.5. The summed E-state index contributed by atoms with van der Waals surface area (Å²) in [5, 5.41) is 0. The monoisotopic (exact) mass is 342 g/mol. The maximum absolute atomic E-state index is 6.16. The Morgan fingerprint density at radius 2 is 1.84 bits per heavy atom. The normalized spacial score (nSPS) is 32.8. The summed E-state index contributed by atoms with van der Waals surface area (Å²) in [6, 6.07) is 1.90. The Hall–Kier alpha value is -1.20. The molecule has 1 aromatic heterocycles. The molecule has 3 heterocycles. The van der Waals surface area contributed by atoms with E-state index in [4.69, 9.17) is 4.74 Å². The Morgan fingerprint density at radius 1 is 1.04 bits per heavy atom. The molecular weight excluding hydrogens is 312 g/mol. The summed E-state index contributed by atoms with van der Waals surface area (Å²) in [5.41, 5.74) is 0.373. The van der Waals surface area contributed by atoms with Crippen LogP contribution in [0.1, 0.15) is 32.1 Å². The second-order valence-electron chi connectivity index (χ2n) is 8.90. The van der Waals surface area contributed by atoms with Gasteiger partial charge in [-0.05, 0) is 50.0 Å². The van der Waals surface area contributed by atoms with Gasteiger partial charge in [0.05, 0.1) is 6.61 Å². The molecule has 5 heteroatoms. The van der Waals surface area contributed by atoms with Crippen molar-refractivity contribution in [2.45, 2.75) is 32.1 Å². The first-order chi connectivity index (χ1) is 12.3. The molecule has 25 heavy (non-hydrogen) atoms. The molecule has 0 aromatic carbocycles. The molecule has 136 valence electrons. The highest BCUT2D eigenvalue weighted by Crippen LogP contribution is 2.46. The van der Waals surface area contributed by atoms with Gasteiger partial charge in [-0.1, -0.05) is 0 Å². The molecule has 1 spiro atoms. The van der Waals surface area contributed by atoms with Crippen LogP contribution in [-0.2, 0) is 4.74 Å². The van der Waals surface area contributed by atoms with E-state index in [0.29, 0.717) is 11.3 Å². The van der Waals surface area contributed by atoms with Crippen LogP contribution >= 0.6 is 0 Å². The Bertz CT molecular complexity index is 589. The van der Waals surface area contributed by atoms with Crippen molar-refractivity contribution in [2.24, 2.45) is 23.2 Å². The third kappa shape index (κ3) is 3.54. The van der Waals surface area contributed by atoms with E-state index in [1.807, 2.05) is 18.5 Å². The van der Waals surface area contributed by atoms with Crippen LogP contribution in [0.25, 0.3) is 0 Å². The van der Waals surface area contributed by atoms with Crippen molar-refractivity contribution in [3.8, 4) is 0 Å². The lowest BCUT2D eigenvalue weighted by atomic mass is 9.77. The zero-order valence-corrected chi connectivity index (χ0v) is 15.1. The zero-order chi connectivity index (χ0) is 16.7. The molecule has 5 rings (SSSR count). The van der Waals surface area contributed by atoms with Gasteiger partial charge in [0.1, 0.15) is 0 Å². The molecule has 4 aliphatic rings. The van der Waals surface area contributed by atoms with Gasteiger partial charge in [-0.2, -0.15) is 0 Å². The van der Waals surface area contributed by atoms with Crippen LogP contribution in [-0.4, -0.2) is 60.8 Å². The van der Waals surface area contributed by atoms with E-state index in [1.165, 1.54) is 51.7 Å². The molecule has 0 N–H and O–H groups in total. The van der Waals surface area contributed by atoms with E-state index in [9.17, 15) is 0 Å². The second-order valence-corrected chi connectivity index (χ2v) is 8.90. The van der Waals surface area contributed by atoms with Crippen LogP contribution in [0.15, 0.2) is 18.5 Å². The maximum atomic E-state index is 6.16. The smallest absolute Gasteiger partial charge is 0.225 e. The van der Waals surface area contributed by atoms with Crippen LogP contribution in [0.3, 0.4) is 0 Å². The summed E-state index contributed by atoms with van der Waals surface area (Å²) >= 11 is 0. The molecular formula is C20H30N4O. The summed E-state index contributed by atoms with van der Waals surface area (Å²) in [5.74, 6) is 3.40. The van der Waals surface area contributed by atoms with Gasteiger partial charge in [0.25, 0.3) is 0 Å². The quantitative estimate of drug-likeness (QED) is 0.761. The van der Waals surface area contributed by atoms with E-state index in [1.54, 1.807) is 0 Å². The highest BCUT2D eigenvalue weighted by molar-refractivity contribution is 5.32. The minimum absolute atomic E-state index is 0.373. The van der Waals surface area contributed by atoms with E-state index in [0.717, 1.165) is 44.1 Å². The van der Waals surface area contributed by atoms with Crippen LogP contribution < -0.4 is 4.90 Å². The number of ether oxygens (including phenoxy) is 1. The molecule has 2 saturated carbocycles. The van der Waals surface area contributed by atoms with Crippen molar-refractivity contribution in [1.29, 1.82) is 0 Å². The van der Waals surface area contributed by atoms with Crippen molar-refractivity contribution in [2.75, 3.05) is 50.8 Å². The summed E-state index contributed by atoms with van der Waals surface area (Å²) < 4.78 is 6.16. The summed E-state index contributed by atoms with van der Waals surface area (Å²) in [4.78, 5) is 14.1. The Kier molecular flexibility index (Phi) is 4.17. The van der Waals surface area contributed by atoms with Crippen molar-refractivity contribution >= 4 is 5.95 Å². The summed E-state index contributed by atoms with van der Waals surface area (Å²) in [7, 11) is 0. The van der Waals surface area contributed by atoms with E-state index in [-0.39, 0.29) is 0 Å². The Balaban J connectivity index is 1.27. The molecule has 2 aliphatic carbocycles. The minimum atomic E-state index is 0.373. The molecule has 0 bridgehead atoms. The number of hydrogen-bond acceptors (Lipinski definition) is 5. The van der Waals surface area contributed by atoms with Crippen molar-refractivity contribution in [3.63, 3.8) is 0 Å². The van der Waals surface area contributed by atoms with Crippen LogP contribution in [0, 0.1) is 23.2 Å². The molecule has 0 radical (unpaired) electrons. The van der Waals surface area contributed by atoms with Crippen molar-refractivity contribution in [1.82, 2.24) is 14.9 Å². The number of anilines is 1. The Morgan fingerprint density at radius 3 is 2.60 bits per heavy atom. The fraction of sp³-hybridized carbons (Fsp3) is 0.800. The van der Waals surface area contributed by atoms with Gasteiger partial charge in [0.2, 0.25) is 5.95 Å². The number of nitrogens with zero attached hydrogens (tertiary/aromatic N) is 4. The molecule has 2 atom stereocenters. The standard InChI is InChI=1S/C20H30N4O/c1-7-21-19(22-8-1)24-9-6-20(15-24)14-23(10-16-2-3-16)11-18(20)13-25-12-17-4-5-17/h1,7-8,16-18H,2-6,9-15H2/t18-,20+/m0/s1. The zero-order valence-electron chi connectivity index (χ0n) is 15.1. The third-order valence-electron chi connectivity index (χ3n) is 6.69. The number of likely N-dealkylation sites (tertiary alicyclic amines) is 1. The Labute approximate surface area is 150 Å². The fourth-order valence-electron chi connectivity index (χ4n) is 4.82. The average molecular weight is 342 g/mol. The van der Waals surface area contributed by atoms with Gasteiger partial charge in [-0.15, -0.1) is 0 Å². The van der Waals surface area contributed by atoms with E-state index in [2.05, 4.69) is 19.8 Å². The highest BCUT2D eigenvalue weighted by Gasteiger charge is 2.51. The average Bonchev–Trinajstić information content (AvgIpc) is 3.55. The first-order valence-electron chi connectivity index (χ1n) is 10.1. The van der Waals surface area contributed by atoms with Gasteiger partial charge in [0, 0.05) is 63.1 Å². The fourth-order valence-corrected chi connectivity index (χ4v) is 4.82. The maximum Gasteiger partial charge on any atom is 0.225 e. The SMILES string of the molecule is c1cnc(N2CC[C@@]3(CN(CC4CC4)C[C@H]3COCC3CC3)C2)nc1. The number of hydrogen-bond donors (Lipinski definition) is 0. The lowest BCUT2D eigenvalue weighted by molar-refractivity contribution is 0.0602. The lowest BCUT2D eigenvalue weighted by Gasteiger charge is -2.30. The summed E-state index contributed by atoms with van der Waals surface area (Å²) in [6.45, 7) is 7.88. The largest absolute Gasteiger partial charge is 0.381 e. The van der Waals surface area contributed by atoms with E-state index >= 15 is 0 Å². The molecule has 1 aromatic rings. The van der Waals surface area contributed by atoms with Crippen LogP contribution in [0.5, 0.6) is 0 Å². The first kappa shape index (κ1) is 16.0. The minimum Gasteiger partial charge on any atom is -0.381 e. The van der Waals surface area contributed by atoms with Crippen molar-refractivity contribution < 1.29 is 4.74 Å². The van der Waals surface area contributed by atoms with E-state index < -0.39 is 0 Å². The van der Waals surface area contributed by atoms with Crippen molar-refractivity contribution in [3.05, 3.63) is 18.5 Å². The predicted octanol–water partition coefficient (Wildman–Crippen LogP) is 2.44. The lowest BCUT2D eigenvalue weighted by Crippen LogP contribution is -2.37. The second kappa shape index (κ2) is 6.51. The molecule has 2 saturated heterocycles. The third-order valence-corrected chi connectivity index (χ3v) is 6.69.